The molecule has 0 aliphatic rings. The number of hydrogen-bond acceptors (Lipinski definition) is 4. The van der Waals surface area contributed by atoms with Gasteiger partial charge in [0.05, 0.1) is 23.6 Å². The fourth-order valence-corrected chi connectivity index (χ4v) is 2.88. The van der Waals surface area contributed by atoms with E-state index in [9.17, 15) is 15.0 Å². The molecule has 0 radical (unpaired) electrons. The molecule has 112 valence electrons. The summed E-state index contributed by atoms with van der Waals surface area (Å²) in [4.78, 5) is 13.1. The number of thiophene rings is 1. The summed E-state index contributed by atoms with van der Waals surface area (Å²) in [7, 11) is 0. The fourth-order valence-electron chi connectivity index (χ4n) is 2.07. The minimum absolute atomic E-state index is 0.270. The van der Waals surface area contributed by atoms with Gasteiger partial charge in [-0.3, -0.25) is 4.79 Å². The molecule has 0 atom stereocenters. The average Bonchev–Trinajstić information content (AvgIpc) is 3.03. The second-order valence-corrected chi connectivity index (χ2v) is 5.85. The van der Waals surface area contributed by atoms with E-state index in [1.807, 2.05) is 48.7 Å². The Kier molecular flexibility index (Phi) is 5.12. The molecule has 0 bridgehead atoms. The van der Waals surface area contributed by atoms with Crippen molar-refractivity contribution in [3.8, 4) is 11.1 Å². The highest BCUT2D eigenvalue weighted by atomic mass is 32.1. The first-order valence-corrected chi connectivity index (χ1v) is 7.71. The monoisotopic (exact) mass is 305 g/mol. The van der Waals surface area contributed by atoms with Crippen LogP contribution in [-0.4, -0.2) is 34.9 Å². The highest BCUT2D eigenvalue weighted by Crippen LogP contribution is 2.28. The summed E-state index contributed by atoms with van der Waals surface area (Å²) in [5.74, 6) is -0.270. The molecule has 0 fully saturated rings. The Morgan fingerprint density at radius 2 is 1.86 bits per heavy atom. The molecule has 0 saturated carbocycles. The molecule has 5 heteroatoms. The molecule has 3 N–H and O–H groups in total. The third kappa shape index (κ3) is 3.32. The first-order chi connectivity index (χ1) is 10.2. The molecule has 2 rings (SSSR count). The van der Waals surface area contributed by atoms with Crippen molar-refractivity contribution in [2.75, 3.05) is 13.2 Å². The Bertz CT molecular complexity index is 582. The standard InChI is InChI=1S/C16H19NO3S/c1-2-16(10-18,11-19)17-15(20)14-13(8-9-21-14)12-6-4-3-5-7-12/h3-9,18-19H,2,10-11H2,1H3,(H,17,20). The molecule has 0 spiro atoms. The maximum absolute atomic E-state index is 12.5. The second kappa shape index (κ2) is 6.85. The lowest BCUT2D eigenvalue weighted by atomic mass is 9.98. The van der Waals surface area contributed by atoms with Crippen molar-refractivity contribution in [2.45, 2.75) is 18.9 Å². The van der Waals surface area contributed by atoms with E-state index >= 15 is 0 Å². The van der Waals surface area contributed by atoms with Crippen LogP contribution in [0.25, 0.3) is 11.1 Å². The van der Waals surface area contributed by atoms with Crippen molar-refractivity contribution in [3.63, 3.8) is 0 Å². The zero-order chi connectivity index (χ0) is 15.3. The van der Waals surface area contributed by atoms with Crippen LogP contribution in [0.4, 0.5) is 0 Å². The Morgan fingerprint density at radius 3 is 2.43 bits per heavy atom. The summed E-state index contributed by atoms with van der Waals surface area (Å²) < 4.78 is 0. The number of amides is 1. The lowest BCUT2D eigenvalue weighted by molar-refractivity contribution is 0.0656. The molecule has 1 amide bonds. The summed E-state index contributed by atoms with van der Waals surface area (Å²) in [5.41, 5.74) is 0.854. The minimum Gasteiger partial charge on any atom is -0.394 e. The van der Waals surface area contributed by atoms with Gasteiger partial charge in [-0.25, -0.2) is 0 Å². The van der Waals surface area contributed by atoms with Crippen molar-refractivity contribution in [1.82, 2.24) is 5.32 Å². The van der Waals surface area contributed by atoms with Crippen LogP contribution in [0.2, 0.25) is 0 Å². The quantitative estimate of drug-likeness (QED) is 0.767. The molecule has 1 heterocycles. The van der Waals surface area contributed by atoms with Gasteiger partial charge >= 0.3 is 0 Å². The molecular weight excluding hydrogens is 286 g/mol. The second-order valence-electron chi connectivity index (χ2n) is 4.93. The zero-order valence-electron chi connectivity index (χ0n) is 11.9. The first kappa shape index (κ1) is 15.7. The number of aliphatic hydroxyl groups is 2. The van der Waals surface area contributed by atoms with Gasteiger partial charge in [0.15, 0.2) is 0 Å². The van der Waals surface area contributed by atoms with Gasteiger partial charge in [0.2, 0.25) is 0 Å². The van der Waals surface area contributed by atoms with Gasteiger partial charge in [-0.2, -0.15) is 0 Å². The van der Waals surface area contributed by atoms with Crippen LogP contribution >= 0.6 is 11.3 Å². The van der Waals surface area contributed by atoms with E-state index in [-0.39, 0.29) is 19.1 Å². The summed E-state index contributed by atoms with van der Waals surface area (Å²) in [6.07, 6.45) is 0.456. The van der Waals surface area contributed by atoms with Gasteiger partial charge in [0.25, 0.3) is 5.91 Å². The Labute approximate surface area is 128 Å². The molecule has 4 nitrogen and oxygen atoms in total. The van der Waals surface area contributed by atoms with E-state index in [0.717, 1.165) is 11.1 Å². The zero-order valence-corrected chi connectivity index (χ0v) is 12.7. The molecule has 0 aliphatic heterocycles. The molecule has 1 aromatic heterocycles. The summed E-state index contributed by atoms with van der Waals surface area (Å²) in [6, 6.07) is 11.6. The number of benzene rings is 1. The van der Waals surface area contributed by atoms with Gasteiger partial charge < -0.3 is 15.5 Å². The number of carbonyl (C=O) groups is 1. The molecule has 21 heavy (non-hydrogen) atoms. The van der Waals surface area contributed by atoms with Crippen molar-refractivity contribution in [3.05, 3.63) is 46.7 Å². The van der Waals surface area contributed by atoms with Crippen molar-refractivity contribution >= 4 is 17.2 Å². The third-order valence-corrected chi connectivity index (χ3v) is 4.53. The van der Waals surface area contributed by atoms with E-state index in [1.54, 1.807) is 0 Å². The Balaban J connectivity index is 2.28. The summed E-state index contributed by atoms with van der Waals surface area (Å²) in [5, 5.41) is 23.5. The van der Waals surface area contributed by atoms with E-state index in [1.165, 1.54) is 11.3 Å². The van der Waals surface area contributed by atoms with E-state index in [2.05, 4.69) is 5.32 Å². The first-order valence-electron chi connectivity index (χ1n) is 6.83. The fraction of sp³-hybridized carbons (Fsp3) is 0.312. The average molecular weight is 305 g/mol. The lowest BCUT2D eigenvalue weighted by Crippen LogP contribution is -2.53. The Hall–Kier alpha value is -1.69. The number of rotatable bonds is 6. The van der Waals surface area contributed by atoms with Crippen LogP contribution in [0.3, 0.4) is 0 Å². The minimum atomic E-state index is -0.977. The maximum Gasteiger partial charge on any atom is 0.262 e. The largest absolute Gasteiger partial charge is 0.394 e. The molecule has 2 aromatic rings. The highest BCUT2D eigenvalue weighted by Gasteiger charge is 2.30. The molecule has 1 aromatic carbocycles. The van der Waals surface area contributed by atoms with Crippen LogP contribution in [0.15, 0.2) is 41.8 Å². The van der Waals surface area contributed by atoms with Gasteiger partial charge in [-0.05, 0) is 23.4 Å². The number of carbonyl (C=O) groups excluding carboxylic acids is 1. The van der Waals surface area contributed by atoms with Crippen molar-refractivity contribution in [2.24, 2.45) is 0 Å². The van der Waals surface area contributed by atoms with E-state index < -0.39 is 5.54 Å². The number of hydrogen-bond donors (Lipinski definition) is 3. The van der Waals surface area contributed by atoms with Gasteiger partial charge in [-0.15, -0.1) is 11.3 Å². The SMILES string of the molecule is CCC(CO)(CO)NC(=O)c1sccc1-c1ccccc1. The van der Waals surface area contributed by atoms with Crippen LogP contribution in [0.1, 0.15) is 23.0 Å². The van der Waals surface area contributed by atoms with E-state index in [4.69, 9.17) is 0 Å². The number of nitrogens with one attached hydrogen (secondary N) is 1. The van der Waals surface area contributed by atoms with Crippen LogP contribution in [-0.2, 0) is 0 Å². The normalized spacial score (nSPS) is 11.4. The van der Waals surface area contributed by atoms with Crippen LogP contribution < -0.4 is 5.32 Å². The predicted octanol–water partition coefficient (Wildman–Crippen LogP) is 2.28. The third-order valence-electron chi connectivity index (χ3n) is 3.62. The van der Waals surface area contributed by atoms with Crippen molar-refractivity contribution in [1.29, 1.82) is 0 Å². The molecular formula is C16H19NO3S. The smallest absolute Gasteiger partial charge is 0.262 e. The summed E-state index contributed by atoms with van der Waals surface area (Å²) in [6.45, 7) is 1.23. The molecule has 0 aliphatic carbocycles. The lowest BCUT2D eigenvalue weighted by Gasteiger charge is -2.29. The van der Waals surface area contributed by atoms with Crippen LogP contribution in [0, 0.1) is 0 Å². The van der Waals surface area contributed by atoms with E-state index in [0.29, 0.717) is 11.3 Å². The maximum atomic E-state index is 12.5. The topological polar surface area (TPSA) is 69.6 Å². The Morgan fingerprint density at radius 1 is 1.19 bits per heavy atom. The van der Waals surface area contributed by atoms with Crippen molar-refractivity contribution < 1.29 is 15.0 Å². The van der Waals surface area contributed by atoms with Gasteiger partial charge in [-0.1, -0.05) is 37.3 Å². The molecule has 0 unspecified atom stereocenters. The van der Waals surface area contributed by atoms with Gasteiger partial charge in [0.1, 0.15) is 0 Å². The molecule has 0 saturated heterocycles. The highest BCUT2D eigenvalue weighted by molar-refractivity contribution is 7.12. The number of aliphatic hydroxyl groups excluding tert-OH is 2. The summed E-state index contributed by atoms with van der Waals surface area (Å²) >= 11 is 1.35. The van der Waals surface area contributed by atoms with Crippen LogP contribution in [0.5, 0.6) is 0 Å². The predicted molar refractivity (Wildman–Crippen MR) is 84.4 cm³/mol. The van der Waals surface area contributed by atoms with Gasteiger partial charge in [0, 0.05) is 5.56 Å².